The van der Waals surface area contributed by atoms with E-state index in [9.17, 15) is 4.79 Å². The minimum absolute atomic E-state index is 0.0782. The predicted octanol–water partition coefficient (Wildman–Crippen LogP) is -0.975. The fourth-order valence-corrected chi connectivity index (χ4v) is 1.10. The summed E-state index contributed by atoms with van der Waals surface area (Å²) in [7, 11) is -0.516. The molecule has 1 rings (SSSR count). The monoisotopic (exact) mass is 205 g/mol. The number of methoxy groups -OCH3 is 1. The van der Waals surface area contributed by atoms with Gasteiger partial charge in [-0.25, -0.2) is 4.79 Å². The standard InChI is InChI=1S/C9H8BNO4/c1-15-9(12)7-2-6(5-11)3-8(4-7)10(13)14/h2-4,13-14H,1H3. The quantitative estimate of drug-likeness (QED) is 0.478. The first-order valence-electron chi connectivity index (χ1n) is 4.08. The highest BCUT2D eigenvalue weighted by atomic mass is 16.5. The molecular formula is C9H8BNO4. The van der Waals surface area contributed by atoms with Gasteiger partial charge in [0.1, 0.15) is 0 Å². The molecule has 5 nitrogen and oxygen atoms in total. The number of nitriles is 1. The number of carbonyl (C=O) groups is 1. The van der Waals surface area contributed by atoms with E-state index in [0.717, 1.165) is 0 Å². The molecule has 0 spiro atoms. The van der Waals surface area contributed by atoms with E-state index in [-0.39, 0.29) is 16.6 Å². The Morgan fingerprint density at radius 2 is 2.13 bits per heavy atom. The second-order valence-electron chi connectivity index (χ2n) is 2.82. The van der Waals surface area contributed by atoms with Crippen molar-refractivity contribution in [3.8, 4) is 6.07 Å². The van der Waals surface area contributed by atoms with E-state index in [4.69, 9.17) is 15.3 Å². The number of hydrogen-bond acceptors (Lipinski definition) is 5. The Labute approximate surface area is 86.7 Å². The maximum atomic E-state index is 11.2. The molecule has 0 aliphatic rings. The Kier molecular flexibility index (Phi) is 3.44. The van der Waals surface area contributed by atoms with E-state index < -0.39 is 13.1 Å². The van der Waals surface area contributed by atoms with E-state index in [0.29, 0.717) is 0 Å². The van der Waals surface area contributed by atoms with E-state index in [1.54, 1.807) is 0 Å². The van der Waals surface area contributed by atoms with Crippen LogP contribution in [0, 0.1) is 11.3 Å². The summed E-state index contributed by atoms with van der Waals surface area (Å²) in [5.41, 5.74) is 0.357. The summed E-state index contributed by atoms with van der Waals surface area (Å²) in [4.78, 5) is 11.2. The zero-order valence-corrected chi connectivity index (χ0v) is 7.97. The molecule has 0 amide bonds. The fraction of sp³-hybridized carbons (Fsp3) is 0.111. The molecule has 76 valence electrons. The molecule has 0 atom stereocenters. The lowest BCUT2D eigenvalue weighted by atomic mass is 9.78. The van der Waals surface area contributed by atoms with Crippen molar-refractivity contribution < 1.29 is 19.6 Å². The third-order valence-electron chi connectivity index (χ3n) is 1.80. The molecule has 0 aliphatic carbocycles. The van der Waals surface area contributed by atoms with Crippen LogP contribution in [0.3, 0.4) is 0 Å². The van der Waals surface area contributed by atoms with Crippen molar-refractivity contribution in [3.05, 3.63) is 29.3 Å². The molecule has 15 heavy (non-hydrogen) atoms. The molecular weight excluding hydrogens is 197 g/mol. The van der Waals surface area contributed by atoms with Crippen molar-refractivity contribution in [3.63, 3.8) is 0 Å². The third kappa shape index (κ3) is 2.56. The minimum Gasteiger partial charge on any atom is -0.465 e. The molecule has 0 bridgehead atoms. The maximum Gasteiger partial charge on any atom is 0.488 e. The van der Waals surface area contributed by atoms with Gasteiger partial charge in [0.25, 0.3) is 0 Å². The average molecular weight is 205 g/mol. The Morgan fingerprint density at radius 1 is 1.47 bits per heavy atom. The Balaban J connectivity index is 3.24. The summed E-state index contributed by atoms with van der Waals surface area (Å²) in [6, 6.07) is 5.68. The first kappa shape index (κ1) is 11.2. The number of esters is 1. The molecule has 6 heteroatoms. The van der Waals surface area contributed by atoms with Crippen LogP contribution in [0.2, 0.25) is 0 Å². The van der Waals surface area contributed by atoms with Crippen molar-refractivity contribution in [1.29, 1.82) is 5.26 Å². The highest BCUT2D eigenvalue weighted by molar-refractivity contribution is 6.58. The summed E-state index contributed by atoms with van der Waals surface area (Å²) < 4.78 is 4.46. The van der Waals surface area contributed by atoms with Gasteiger partial charge in [-0.2, -0.15) is 5.26 Å². The summed E-state index contributed by atoms with van der Waals surface area (Å²) >= 11 is 0. The van der Waals surface area contributed by atoms with Crippen LogP contribution in [0.25, 0.3) is 0 Å². The molecule has 0 saturated heterocycles. The molecule has 2 N–H and O–H groups in total. The van der Waals surface area contributed by atoms with Gasteiger partial charge >= 0.3 is 13.1 Å². The second kappa shape index (κ2) is 4.60. The lowest BCUT2D eigenvalue weighted by molar-refractivity contribution is 0.0601. The van der Waals surface area contributed by atoms with Gasteiger partial charge in [-0.1, -0.05) is 0 Å². The third-order valence-corrected chi connectivity index (χ3v) is 1.80. The average Bonchev–Trinajstić information content (AvgIpc) is 2.27. The van der Waals surface area contributed by atoms with E-state index in [1.807, 2.05) is 6.07 Å². The second-order valence-corrected chi connectivity index (χ2v) is 2.82. The van der Waals surface area contributed by atoms with Crippen molar-refractivity contribution >= 4 is 18.6 Å². The Bertz CT molecular complexity index is 425. The highest BCUT2D eigenvalue weighted by Crippen LogP contribution is 2.04. The smallest absolute Gasteiger partial charge is 0.465 e. The van der Waals surface area contributed by atoms with Crippen LogP contribution in [-0.2, 0) is 4.74 Å². The normalized spacial score (nSPS) is 9.20. The van der Waals surface area contributed by atoms with Crippen LogP contribution in [-0.4, -0.2) is 30.2 Å². The highest BCUT2D eigenvalue weighted by Gasteiger charge is 2.16. The zero-order chi connectivity index (χ0) is 11.4. The van der Waals surface area contributed by atoms with Gasteiger partial charge in [-0.05, 0) is 23.7 Å². The number of rotatable bonds is 2. The molecule has 0 unspecified atom stereocenters. The van der Waals surface area contributed by atoms with Gasteiger partial charge in [0.15, 0.2) is 0 Å². The summed E-state index contributed by atoms with van der Waals surface area (Å²) in [6.45, 7) is 0. The van der Waals surface area contributed by atoms with Gasteiger partial charge in [0, 0.05) is 0 Å². The van der Waals surface area contributed by atoms with Crippen molar-refractivity contribution in [2.75, 3.05) is 7.11 Å². The number of ether oxygens (including phenoxy) is 1. The molecule has 0 fully saturated rings. The number of benzene rings is 1. The van der Waals surface area contributed by atoms with E-state index in [2.05, 4.69) is 4.74 Å². The maximum absolute atomic E-state index is 11.2. The van der Waals surface area contributed by atoms with Crippen molar-refractivity contribution in [1.82, 2.24) is 0 Å². The van der Waals surface area contributed by atoms with Crippen LogP contribution in [0.1, 0.15) is 15.9 Å². The largest absolute Gasteiger partial charge is 0.488 e. The lowest BCUT2D eigenvalue weighted by Gasteiger charge is -2.04. The minimum atomic E-state index is -1.72. The van der Waals surface area contributed by atoms with E-state index in [1.165, 1.54) is 25.3 Å². The predicted molar refractivity (Wildman–Crippen MR) is 52.3 cm³/mol. The summed E-state index contributed by atoms with van der Waals surface area (Å²) in [5.74, 6) is -0.631. The van der Waals surface area contributed by atoms with Gasteiger partial charge in [-0.15, -0.1) is 0 Å². The Morgan fingerprint density at radius 3 is 2.60 bits per heavy atom. The molecule has 0 aliphatic heterocycles. The number of carbonyl (C=O) groups excluding carboxylic acids is 1. The molecule has 0 saturated carbocycles. The van der Waals surface area contributed by atoms with Crippen LogP contribution >= 0.6 is 0 Å². The summed E-state index contributed by atoms with van der Waals surface area (Å²) in [5, 5.41) is 26.5. The Hall–Kier alpha value is -1.84. The SMILES string of the molecule is COC(=O)c1cc(C#N)cc(B(O)O)c1. The van der Waals surface area contributed by atoms with Crippen LogP contribution < -0.4 is 5.46 Å². The number of nitrogens with zero attached hydrogens (tertiary/aromatic N) is 1. The fourth-order valence-electron chi connectivity index (χ4n) is 1.10. The topological polar surface area (TPSA) is 90.6 Å². The summed E-state index contributed by atoms with van der Waals surface area (Å²) in [6.07, 6.45) is 0. The zero-order valence-electron chi connectivity index (χ0n) is 7.97. The van der Waals surface area contributed by atoms with Gasteiger partial charge in [-0.3, -0.25) is 0 Å². The van der Waals surface area contributed by atoms with Crippen molar-refractivity contribution in [2.24, 2.45) is 0 Å². The van der Waals surface area contributed by atoms with Crippen molar-refractivity contribution in [2.45, 2.75) is 0 Å². The first-order valence-corrected chi connectivity index (χ1v) is 4.08. The van der Waals surface area contributed by atoms with Crippen LogP contribution in [0.5, 0.6) is 0 Å². The first-order chi connectivity index (χ1) is 7.08. The van der Waals surface area contributed by atoms with Crippen LogP contribution in [0.4, 0.5) is 0 Å². The molecule has 1 aromatic carbocycles. The van der Waals surface area contributed by atoms with Gasteiger partial charge in [0.05, 0.1) is 24.3 Å². The molecule has 1 aromatic rings. The van der Waals surface area contributed by atoms with Crippen LogP contribution in [0.15, 0.2) is 18.2 Å². The molecule has 0 heterocycles. The van der Waals surface area contributed by atoms with E-state index >= 15 is 0 Å². The molecule has 0 aromatic heterocycles. The number of hydrogen-bond donors (Lipinski definition) is 2. The van der Waals surface area contributed by atoms with Gasteiger partial charge in [0.2, 0.25) is 0 Å². The lowest BCUT2D eigenvalue weighted by Crippen LogP contribution is -2.30. The molecule has 0 radical (unpaired) electrons. The van der Waals surface area contributed by atoms with Gasteiger partial charge < -0.3 is 14.8 Å².